The van der Waals surface area contributed by atoms with Crippen molar-refractivity contribution in [2.45, 2.75) is 50.7 Å². The topological polar surface area (TPSA) is 81.9 Å². The van der Waals surface area contributed by atoms with E-state index in [9.17, 15) is 9.59 Å². The van der Waals surface area contributed by atoms with Gasteiger partial charge < -0.3 is 20.1 Å². The molecule has 2 N–H and O–H groups in total. The minimum atomic E-state index is -0.359. The lowest BCUT2D eigenvalue weighted by Crippen LogP contribution is -2.45. The molecule has 1 aromatic carbocycles. The van der Waals surface area contributed by atoms with Gasteiger partial charge in [0.05, 0.1) is 6.10 Å². The van der Waals surface area contributed by atoms with E-state index in [1.165, 1.54) is 0 Å². The van der Waals surface area contributed by atoms with Gasteiger partial charge in [0.2, 0.25) is 5.91 Å². The van der Waals surface area contributed by atoms with Gasteiger partial charge in [-0.25, -0.2) is 0 Å². The number of carbonyl (C=O) groups is 2. The van der Waals surface area contributed by atoms with Gasteiger partial charge in [0.1, 0.15) is 12.4 Å². The van der Waals surface area contributed by atoms with Gasteiger partial charge in [-0.3, -0.25) is 9.59 Å². The van der Waals surface area contributed by atoms with Gasteiger partial charge in [-0.2, -0.15) is 0 Å². The Bertz CT molecular complexity index is 596. The predicted octanol–water partition coefficient (Wildman–Crippen LogP) is 2.11. The highest BCUT2D eigenvalue weighted by Gasteiger charge is 2.28. The Balaban J connectivity index is 1.59. The number of benzene rings is 1. The highest BCUT2D eigenvalue weighted by molar-refractivity contribution is 5.95. The third kappa shape index (κ3) is 4.72. The average molecular weight is 346 g/mol. The normalized spacial score (nSPS) is 23.4. The molecule has 6 nitrogen and oxygen atoms in total. The lowest BCUT2D eigenvalue weighted by molar-refractivity contribution is -0.119. The number of hydrogen-bond donors (Lipinski definition) is 1. The highest BCUT2D eigenvalue weighted by Crippen LogP contribution is 2.23. The number of rotatable bonds is 6. The van der Waals surface area contributed by atoms with Crippen LogP contribution in [0.15, 0.2) is 24.3 Å². The molecule has 0 unspecified atom stereocenters. The highest BCUT2D eigenvalue weighted by atomic mass is 16.5. The number of amides is 2. The molecule has 0 bridgehead atoms. The van der Waals surface area contributed by atoms with Crippen molar-refractivity contribution in [3.05, 3.63) is 29.8 Å². The van der Waals surface area contributed by atoms with Crippen molar-refractivity contribution < 1.29 is 19.1 Å². The van der Waals surface area contributed by atoms with Crippen molar-refractivity contribution in [1.82, 2.24) is 4.90 Å². The van der Waals surface area contributed by atoms with Gasteiger partial charge in [-0.15, -0.1) is 0 Å². The molecule has 2 heterocycles. The fraction of sp³-hybridized carbons (Fsp3) is 0.579. The SMILES string of the molecule is NC(=O)C[C@@H]1CCCCN1C(=O)c1ccc(OC[C@H]2CCCO2)cc1. The Labute approximate surface area is 148 Å². The van der Waals surface area contributed by atoms with Crippen LogP contribution >= 0.6 is 0 Å². The molecule has 2 amide bonds. The maximum Gasteiger partial charge on any atom is 0.254 e. The van der Waals surface area contributed by atoms with Crippen LogP contribution in [0.1, 0.15) is 48.9 Å². The second kappa shape index (κ2) is 8.34. The smallest absolute Gasteiger partial charge is 0.254 e. The molecule has 2 fully saturated rings. The number of ether oxygens (including phenoxy) is 2. The second-order valence-corrected chi connectivity index (χ2v) is 6.79. The zero-order valence-corrected chi connectivity index (χ0v) is 14.5. The lowest BCUT2D eigenvalue weighted by atomic mass is 9.98. The molecule has 0 aromatic heterocycles. The molecule has 0 spiro atoms. The van der Waals surface area contributed by atoms with E-state index >= 15 is 0 Å². The number of piperidine rings is 1. The fourth-order valence-corrected chi connectivity index (χ4v) is 3.54. The first kappa shape index (κ1) is 17.7. The third-order valence-electron chi connectivity index (χ3n) is 4.89. The van der Waals surface area contributed by atoms with Crippen LogP contribution in [-0.2, 0) is 9.53 Å². The summed E-state index contributed by atoms with van der Waals surface area (Å²) in [4.78, 5) is 25.8. The van der Waals surface area contributed by atoms with Crippen molar-refractivity contribution in [2.75, 3.05) is 19.8 Å². The molecule has 0 aliphatic carbocycles. The number of nitrogens with zero attached hydrogens (tertiary/aromatic N) is 1. The molecule has 2 atom stereocenters. The van der Waals surface area contributed by atoms with E-state index in [1.54, 1.807) is 17.0 Å². The van der Waals surface area contributed by atoms with E-state index < -0.39 is 0 Å². The minimum Gasteiger partial charge on any atom is -0.491 e. The summed E-state index contributed by atoms with van der Waals surface area (Å²) in [5.41, 5.74) is 5.94. The van der Waals surface area contributed by atoms with Gasteiger partial charge in [-0.05, 0) is 56.4 Å². The monoisotopic (exact) mass is 346 g/mol. The van der Waals surface area contributed by atoms with Gasteiger partial charge >= 0.3 is 0 Å². The van der Waals surface area contributed by atoms with Crippen molar-refractivity contribution in [1.29, 1.82) is 0 Å². The Morgan fingerprint density at radius 1 is 1.16 bits per heavy atom. The number of primary amides is 1. The van der Waals surface area contributed by atoms with E-state index in [0.717, 1.165) is 44.5 Å². The second-order valence-electron chi connectivity index (χ2n) is 6.79. The zero-order chi connectivity index (χ0) is 17.6. The molecule has 1 aromatic rings. The van der Waals surface area contributed by atoms with Crippen LogP contribution in [-0.4, -0.2) is 48.6 Å². The lowest BCUT2D eigenvalue weighted by Gasteiger charge is -2.35. The first-order valence-corrected chi connectivity index (χ1v) is 9.07. The largest absolute Gasteiger partial charge is 0.491 e. The summed E-state index contributed by atoms with van der Waals surface area (Å²) in [6.07, 6.45) is 5.34. The van der Waals surface area contributed by atoms with E-state index in [2.05, 4.69) is 0 Å². The molecule has 0 radical (unpaired) electrons. The quantitative estimate of drug-likeness (QED) is 0.855. The van der Waals surface area contributed by atoms with Crippen LogP contribution in [0.3, 0.4) is 0 Å². The molecule has 25 heavy (non-hydrogen) atoms. The van der Waals surface area contributed by atoms with Crippen molar-refractivity contribution in [3.8, 4) is 5.75 Å². The van der Waals surface area contributed by atoms with Gasteiger partial charge in [0.15, 0.2) is 0 Å². The van der Waals surface area contributed by atoms with Crippen molar-refractivity contribution in [2.24, 2.45) is 5.73 Å². The summed E-state index contributed by atoms with van der Waals surface area (Å²) in [6.45, 7) is 2.03. The summed E-state index contributed by atoms with van der Waals surface area (Å²) in [5, 5.41) is 0. The third-order valence-corrected chi connectivity index (χ3v) is 4.89. The maximum atomic E-state index is 12.8. The Hall–Kier alpha value is -2.08. The Kier molecular flexibility index (Phi) is 5.91. The molecule has 2 saturated heterocycles. The van der Waals surface area contributed by atoms with Crippen LogP contribution in [0.2, 0.25) is 0 Å². The molecule has 3 rings (SSSR count). The van der Waals surface area contributed by atoms with E-state index in [0.29, 0.717) is 18.7 Å². The summed E-state index contributed by atoms with van der Waals surface area (Å²) < 4.78 is 11.3. The van der Waals surface area contributed by atoms with Gasteiger partial charge in [0.25, 0.3) is 5.91 Å². The predicted molar refractivity (Wildman–Crippen MR) is 93.4 cm³/mol. The average Bonchev–Trinajstić information content (AvgIpc) is 3.13. The zero-order valence-electron chi connectivity index (χ0n) is 14.5. The first-order chi connectivity index (χ1) is 12.1. The summed E-state index contributed by atoms with van der Waals surface area (Å²) in [7, 11) is 0. The Morgan fingerprint density at radius 3 is 2.64 bits per heavy atom. The number of nitrogens with two attached hydrogens (primary N) is 1. The number of hydrogen-bond acceptors (Lipinski definition) is 4. The molecule has 6 heteroatoms. The molecular formula is C19H26N2O4. The summed E-state index contributed by atoms with van der Waals surface area (Å²) in [5.74, 6) is 0.332. The molecular weight excluding hydrogens is 320 g/mol. The first-order valence-electron chi connectivity index (χ1n) is 9.07. The standard InChI is InChI=1S/C19H26N2O4/c20-18(22)12-15-4-1-2-10-21(15)19(23)14-6-8-16(9-7-14)25-13-17-5-3-11-24-17/h6-9,15,17H,1-5,10-13H2,(H2,20,22)/t15-,17+/m0/s1. The fourth-order valence-electron chi connectivity index (χ4n) is 3.54. The van der Waals surface area contributed by atoms with Crippen molar-refractivity contribution in [3.63, 3.8) is 0 Å². The van der Waals surface area contributed by atoms with Gasteiger partial charge in [0, 0.05) is 31.2 Å². The van der Waals surface area contributed by atoms with E-state index in [-0.39, 0.29) is 30.4 Å². The Morgan fingerprint density at radius 2 is 1.96 bits per heavy atom. The molecule has 0 saturated carbocycles. The van der Waals surface area contributed by atoms with Crippen molar-refractivity contribution >= 4 is 11.8 Å². The van der Waals surface area contributed by atoms with E-state index in [4.69, 9.17) is 15.2 Å². The number of carbonyl (C=O) groups excluding carboxylic acids is 2. The molecule has 2 aliphatic rings. The maximum absolute atomic E-state index is 12.8. The summed E-state index contributed by atoms with van der Waals surface area (Å²) in [6, 6.07) is 7.10. The summed E-state index contributed by atoms with van der Waals surface area (Å²) >= 11 is 0. The van der Waals surface area contributed by atoms with Crippen LogP contribution in [0.4, 0.5) is 0 Å². The minimum absolute atomic E-state index is 0.0448. The van der Waals surface area contributed by atoms with Crippen LogP contribution < -0.4 is 10.5 Å². The van der Waals surface area contributed by atoms with Crippen LogP contribution in [0.5, 0.6) is 5.75 Å². The number of likely N-dealkylation sites (tertiary alicyclic amines) is 1. The van der Waals surface area contributed by atoms with E-state index in [1.807, 2.05) is 12.1 Å². The molecule has 2 aliphatic heterocycles. The molecule has 136 valence electrons. The van der Waals surface area contributed by atoms with Crippen LogP contribution in [0, 0.1) is 0 Å². The van der Waals surface area contributed by atoms with Gasteiger partial charge in [-0.1, -0.05) is 0 Å². The van der Waals surface area contributed by atoms with Crippen LogP contribution in [0.25, 0.3) is 0 Å².